The van der Waals surface area contributed by atoms with E-state index in [1.54, 1.807) is 0 Å². The van der Waals surface area contributed by atoms with Crippen LogP contribution in [0.2, 0.25) is 0 Å². The lowest BCUT2D eigenvalue weighted by atomic mass is 9.80. The Bertz CT molecular complexity index is 437. The van der Waals surface area contributed by atoms with Crippen molar-refractivity contribution in [3.05, 3.63) is 17.0 Å². The van der Waals surface area contributed by atoms with Crippen LogP contribution in [0.15, 0.2) is 0 Å². The van der Waals surface area contributed by atoms with Gasteiger partial charge in [-0.05, 0) is 31.6 Å². The molecule has 2 heterocycles. The van der Waals surface area contributed by atoms with Crippen molar-refractivity contribution in [2.24, 2.45) is 11.3 Å². The van der Waals surface area contributed by atoms with Gasteiger partial charge in [0, 0.05) is 18.8 Å². The molecule has 1 atom stereocenters. The Hall–Kier alpha value is -1.32. The fourth-order valence-corrected chi connectivity index (χ4v) is 2.68. The largest absolute Gasteiger partial charge is 0.338 e. The number of rotatable bonds is 1. The number of likely N-dealkylation sites (tertiary alicyclic amines) is 1. The molecule has 1 fully saturated rings. The number of H-pyrrole nitrogens is 1. The zero-order chi connectivity index (χ0) is 13.5. The van der Waals surface area contributed by atoms with Gasteiger partial charge in [0.2, 0.25) is 0 Å². The first-order valence-corrected chi connectivity index (χ1v) is 6.61. The van der Waals surface area contributed by atoms with E-state index in [0.29, 0.717) is 5.92 Å². The molecule has 1 aromatic heterocycles. The minimum absolute atomic E-state index is 0.130. The first-order valence-electron chi connectivity index (χ1n) is 6.61. The van der Waals surface area contributed by atoms with Gasteiger partial charge >= 0.3 is 0 Å². The molecule has 0 bridgehead atoms. The maximum Gasteiger partial charge on any atom is 0.257 e. The number of amides is 1. The Kier molecular flexibility index (Phi) is 3.21. The number of aromatic amines is 1. The lowest BCUT2D eigenvalue weighted by Gasteiger charge is -2.27. The zero-order valence-corrected chi connectivity index (χ0v) is 12.0. The standard InChI is InChI=1S/C14H23N3O/c1-9-12(10(2)16-15-9)13(18)17-7-6-11(8-17)14(3,4)5/h11H,6-8H2,1-5H3,(H,15,16). The number of hydrogen-bond acceptors (Lipinski definition) is 2. The van der Waals surface area contributed by atoms with Gasteiger partial charge in [-0.3, -0.25) is 9.89 Å². The number of aryl methyl sites for hydroxylation is 2. The highest BCUT2D eigenvalue weighted by molar-refractivity contribution is 5.96. The lowest BCUT2D eigenvalue weighted by Crippen LogP contribution is -2.31. The molecule has 0 radical (unpaired) electrons. The van der Waals surface area contributed by atoms with Crippen LogP contribution in [-0.2, 0) is 0 Å². The Labute approximate surface area is 109 Å². The Morgan fingerprint density at radius 3 is 2.50 bits per heavy atom. The summed E-state index contributed by atoms with van der Waals surface area (Å²) in [6.45, 7) is 12.3. The van der Waals surface area contributed by atoms with Crippen molar-refractivity contribution in [1.82, 2.24) is 15.1 Å². The molecule has 0 aliphatic carbocycles. The van der Waals surface area contributed by atoms with Gasteiger partial charge in [-0.2, -0.15) is 5.10 Å². The molecule has 1 unspecified atom stereocenters. The first kappa shape index (κ1) is 13.1. The van der Waals surface area contributed by atoms with Crippen LogP contribution < -0.4 is 0 Å². The molecule has 1 saturated heterocycles. The second-order valence-corrected chi connectivity index (χ2v) is 6.41. The Morgan fingerprint density at radius 2 is 2.06 bits per heavy atom. The van der Waals surface area contributed by atoms with Gasteiger partial charge in [0.25, 0.3) is 5.91 Å². The summed E-state index contributed by atoms with van der Waals surface area (Å²) in [5.74, 6) is 0.722. The molecule has 2 rings (SSSR count). The molecule has 1 aliphatic heterocycles. The minimum atomic E-state index is 0.130. The van der Waals surface area contributed by atoms with E-state index in [0.717, 1.165) is 36.5 Å². The topological polar surface area (TPSA) is 49.0 Å². The van der Waals surface area contributed by atoms with E-state index < -0.39 is 0 Å². The van der Waals surface area contributed by atoms with Crippen molar-refractivity contribution in [2.45, 2.75) is 41.0 Å². The first-order chi connectivity index (χ1) is 8.30. The van der Waals surface area contributed by atoms with Crippen LogP contribution in [0.4, 0.5) is 0 Å². The van der Waals surface area contributed by atoms with Crippen LogP contribution in [0.25, 0.3) is 0 Å². The summed E-state index contributed by atoms with van der Waals surface area (Å²) in [6, 6.07) is 0. The minimum Gasteiger partial charge on any atom is -0.338 e. The van der Waals surface area contributed by atoms with Crippen molar-refractivity contribution in [3.63, 3.8) is 0 Å². The van der Waals surface area contributed by atoms with E-state index in [4.69, 9.17) is 0 Å². The molecule has 4 nitrogen and oxygen atoms in total. The molecule has 1 aromatic rings. The third-order valence-electron chi connectivity index (χ3n) is 4.04. The predicted octanol–water partition coefficient (Wildman–Crippen LogP) is 2.53. The van der Waals surface area contributed by atoms with Gasteiger partial charge in [0.05, 0.1) is 11.3 Å². The Balaban J connectivity index is 2.13. The number of carbonyl (C=O) groups excluding carboxylic acids is 1. The fraction of sp³-hybridized carbons (Fsp3) is 0.714. The molecule has 1 amide bonds. The fourth-order valence-electron chi connectivity index (χ4n) is 2.68. The Morgan fingerprint density at radius 1 is 1.39 bits per heavy atom. The molecule has 1 aliphatic rings. The van der Waals surface area contributed by atoms with E-state index >= 15 is 0 Å². The van der Waals surface area contributed by atoms with E-state index in [2.05, 4.69) is 31.0 Å². The number of carbonyl (C=O) groups is 1. The third kappa shape index (κ3) is 2.28. The van der Waals surface area contributed by atoms with Crippen LogP contribution >= 0.6 is 0 Å². The van der Waals surface area contributed by atoms with Gasteiger partial charge in [-0.25, -0.2) is 0 Å². The van der Waals surface area contributed by atoms with E-state index in [9.17, 15) is 4.79 Å². The highest BCUT2D eigenvalue weighted by Gasteiger charge is 2.35. The smallest absolute Gasteiger partial charge is 0.257 e. The van der Waals surface area contributed by atoms with Crippen molar-refractivity contribution < 1.29 is 4.79 Å². The second-order valence-electron chi connectivity index (χ2n) is 6.41. The van der Waals surface area contributed by atoms with Gasteiger partial charge in [0.15, 0.2) is 0 Å². The highest BCUT2D eigenvalue weighted by atomic mass is 16.2. The highest BCUT2D eigenvalue weighted by Crippen LogP contribution is 2.34. The summed E-state index contributed by atoms with van der Waals surface area (Å²) in [6.07, 6.45) is 1.10. The molecular formula is C14H23N3O. The summed E-state index contributed by atoms with van der Waals surface area (Å²) in [4.78, 5) is 14.5. The number of nitrogens with zero attached hydrogens (tertiary/aromatic N) is 2. The molecule has 0 aromatic carbocycles. The summed E-state index contributed by atoms with van der Waals surface area (Å²) in [7, 11) is 0. The molecule has 4 heteroatoms. The normalized spacial score (nSPS) is 20.5. The van der Waals surface area contributed by atoms with Crippen LogP contribution in [0.3, 0.4) is 0 Å². The average molecular weight is 249 g/mol. The van der Waals surface area contributed by atoms with Crippen LogP contribution in [-0.4, -0.2) is 34.1 Å². The lowest BCUT2D eigenvalue weighted by molar-refractivity contribution is 0.0775. The molecule has 18 heavy (non-hydrogen) atoms. The van der Waals surface area contributed by atoms with E-state index in [-0.39, 0.29) is 11.3 Å². The van der Waals surface area contributed by atoms with Crippen molar-refractivity contribution in [1.29, 1.82) is 0 Å². The summed E-state index contributed by atoms with van der Waals surface area (Å²) >= 11 is 0. The van der Waals surface area contributed by atoms with Crippen LogP contribution in [0.1, 0.15) is 48.9 Å². The maximum absolute atomic E-state index is 12.5. The monoisotopic (exact) mass is 249 g/mol. The summed E-state index contributed by atoms with van der Waals surface area (Å²) in [5.41, 5.74) is 2.70. The van der Waals surface area contributed by atoms with Gasteiger partial charge in [-0.1, -0.05) is 20.8 Å². The quantitative estimate of drug-likeness (QED) is 0.831. The number of nitrogens with one attached hydrogen (secondary N) is 1. The average Bonchev–Trinajstić information content (AvgIpc) is 2.84. The molecular weight excluding hydrogens is 226 g/mol. The van der Waals surface area contributed by atoms with Gasteiger partial charge < -0.3 is 4.90 Å². The van der Waals surface area contributed by atoms with Crippen molar-refractivity contribution in [3.8, 4) is 0 Å². The predicted molar refractivity (Wildman–Crippen MR) is 71.5 cm³/mol. The van der Waals surface area contributed by atoms with Gasteiger partial charge in [0.1, 0.15) is 0 Å². The molecule has 0 saturated carbocycles. The maximum atomic E-state index is 12.5. The number of aromatic nitrogens is 2. The third-order valence-corrected chi connectivity index (χ3v) is 4.04. The molecule has 0 spiro atoms. The van der Waals surface area contributed by atoms with Crippen LogP contribution in [0.5, 0.6) is 0 Å². The SMILES string of the molecule is Cc1n[nH]c(C)c1C(=O)N1CCC(C(C)(C)C)C1. The summed E-state index contributed by atoms with van der Waals surface area (Å²) in [5, 5.41) is 6.99. The number of hydrogen-bond donors (Lipinski definition) is 1. The molecule has 100 valence electrons. The zero-order valence-electron chi connectivity index (χ0n) is 12.0. The van der Waals surface area contributed by atoms with E-state index in [1.807, 2.05) is 18.7 Å². The molecule has 1 N–H and O–H groups in total. The summed E-state index contributed by atoms with van der Waals surface area (Å²) < 4.78 is 0. The second kappa shape index (κ2) is 4.41. The van der Waals surface area contributed by atoms with Crippen molar-refractivity contribution >= 4 is 5.91 Å². The van der Waals surface area contributed by atoms with Crippen LogP contribution in [0, 0.1) is 25.2 Å². The van der Waals surface area contributed by atoms with Crippen molar-refractivity contribution in [2.75, 3.05) is 13.1 Å². The van der Waals surface area contributed by atoms with E-state index in [1.165, 1.54) is 0 Å². The van der Waals surface area contributed by atoms with Gasteiger partial charge in [-0.15, -0.1) is 0 Å².